The van der Waals surface area contributed by atoms with Crippen LogP contribution in [0, 0.1) is 5.92 Å². The minimum absolute atomic E-state index is 0.222. The van der Waals surface area contributed by atoms with E-state index in [2.05, 4.69) is 4.98 Å². The van der Waals surface area contributed by atoms with Crippen molar-refractivity contribution < 1.29 is 24.2 Å². The second-order valence-electron chi connectivity index (χ2n) is 4.57. The maximum Gasteiger partial charge on any atom is 0.324 e. The van der Waals surface area contributed by atoms with Gasteiger partial charge in [0.2, 0.25) is 0 Å². The molecule has 7 heteroatoms. The monoisotopic (exact) mass is 290 g/mol. The Bertz CT molecular complexity index is 706. The molecule has 1 aromatic heterocycles. The Morgan fingerprint density at radius 1 is 1.29 bits per heavy atom. The van der Waals surface area contributed by atoms with Crippen molar-refractivity contribution in [1.82, 2.24) is 4.98 Å². The Morgan fingerprint density at radius 2 is 1.95 bits per heavy atom. The molecule has 0 saturated carbocycles. The third-order valence-electron chi connectivity index (χ3n) is 3.10. The Hall–Kier alpha value is -2.67. The van der Waals surface area contributed by atoms with Gasteiger partial charge in [-0.2, -0.15) is 0 Å². The van der Waals surface area contributed by atoms with E-state index in [0.29, 0.717) is 5.39 Å². The summed E-state index contributed by atoms with van der Waals surface area (Å²) in [5.74, 6) is -4.40. The molecule has 0 spiro atoms. The SMILES string of the molecule is CC(=O)C(C(=O)Oc1c[nH]c2ccccc12)[C@H](N)C(=O)O. The van der Waals surface area contributed by atoms with Gasteiger partial charge in [0.15, 0.2) is 5.75 Å². The number of H-pyrrole nitrogens is 1. The molecule has 7 nitrogen and oxygen atoms in total. The van der Waals surface area contributed by atoms with E-state index >= 15 is 0 Å². The molecule has 0 bridgehead atoms. The summed E-state index contributed by atoms with van der Waals surface area (Å²) < 4.78 is 5.13. The van der Waals surface area contributed by atoms with Crippen molar-refractivity contribution in [2.24, 2.45) is 11.7 Å². The smallest absolute Gasteiger partial charge is 0.324 e. The highest BCUT2D eigenvalue weighted by Crippen LogP contribution is 2.26. The zero-order chi connectivity index (χ0) is 15.6. The van der Waals surface area contributed by atoms with Gasteiger partial charge in [0.05, 0.1) is 0 Å². The highest BCUT2D eigenvalue weighted by Gasteiger charge is 2.36. The van der Waals surface area contributed by atoms with Gasteiger partial charge in [-0.15, -0.1) is 0 Å². The van der Waals surface area contributed by atoms with E-state index in [0.717, 1.165) is 12.4 Å². The van der Waals surface area contributed by atoms with E-state index in [1.807, 2.05) is 6.07 Å². The molecule has 0 aliphatic heterocycles. The molecule has 0 radical (unpaired) electrons. The highest BCUT2D eigenvalue weighted by atomic mass is 16.5. The molecule has 1 aromatic carbocycles. The van der Waals surface area contributed by atoms with Crippen LogP contribution in [0.4, 0.5) is 0 Å². The van der Waals surface area contributed by atoms with Crippen LogP contribution in [0.5, 0.6) is 5.75 Å². The van der Waals surface area contributed by atoms with Crippen LogP contribution in [-0.4, -0.2) is 33.9 Å². The standard InChI is InChI=1S/C14H14N2O5/c1-7(17)11(12(15)13(18)19)14(20)21-10-6-16-9-5-3-2-4-8(9)10/h2-6,11-12,16H,15H2,1H3,(H,18,19)/t11?,12-/m0/s1. The second kappa shape index (κ2) is 5.76. The number of para-hydroxylation sites is 1. The van der Waals surface area contributed by atoms with Gasteiger partial charge in [-0.25, -0.2) is 0 Å². The lowest BCUT2D eigenvalue weighted by Crippen LogP contribution is -2.46. The summed E-state index contributed by atoms with van der Waals surface area (Å²) in [6.07, 6.45) is 1.46. The fourth-order valence-electron chi connectivity index (χ4n) is 2.01. The molecule has 2 atom stereocenters. The molecule has 4 N–H and O–H groups in total. The number of aromatic nitrogens is 1. The van der Waals surface area contributed by atoms with Gasteiger partial charge in [0, 0.05) is 17.1 Å². The number of esters is 1. The van der Waals surface area contributed by atoms with Crippen molar-refractivity contribution in [3.63, 3.8) is 0 Å². The van der Waals surface area contributed by atoms with E-state index in [1.165, 1.54) is 6.20 Å². The normalized spacial score (nSPS) is 13.6. The first-order valence-corrected chi connectivity index (χ1v) is 6.18. The number of aliphatic carboxylic acids is 1. The summed E-state index contributed by atoms with van der Waals surface area (Å²) >= 11 is 0. The average molecular weight is 290 g/mol. The number of fused-ring (bicyclic) bond motifs is 1. The van der Waals surface area contributed by atoms with E-state index in [4.69, 9.17) is 15.6 Å². The van der Waals surface area contributed by atoms with Gasteiger partial charge in [0.1, 0.15) is 17.7 Å². The number of carboxylic acids is 1. The van der Waals surface area contributed by atoms with Crippen LogP contribution < -0.4 is 10.5 Å². The number of ether oxygens (including phenoxy) is 1. The van der Waals surface area contributed by atoms with Gasteiger partial charge in [-0.05, 0) is 19.1 Å². The Kier molecular flexibility index (Phi) is 4.04. The van der Waals surface area contributed by atoms with E-state index in [-0.39, 0.29) is 5.75 Å². The average Bonchev–Trinajstić information content (AvgIpc) is 2.82. The summed E-state index contributed by atoms with van der Waals surface area (Å²) in [6.45, 7) is 1.10. The van der Waals surface area contributed by atoms with Gasteiger partial charge in [0.25, 0.3) is 0 Å². The largest absolute Gasteiger partial charge is 0.480 e. The molecule has 2 rings (SSSR count). The first-order valence-electron chi connectivity index (χ1n) is 6.18. The number of nitrogens with two attached hydrogens (primary N) is 1. The van der Waals surface area contributed by atoms with E-state index in [9.17, 15) is 14.4 Å². The van der Waals surface area contributed by atoms with Crippen LogP contribution in [0.15, 0.2) is 30.5 Å². The van der Waals surface area contributed by atoms with Crippen molar-refractivity contribution in [3.8, 4) is 5.75 Å². The topological polar surface area (TPSA) is 122 Å². The number of nitrogens with one attached hydrogen (secondary N) is 1. The molecule has 110 valence electrons. The summed E-state index contributed by atoms with van der Waals surface area (Å²) in [5, 5.41) is 9.51. The summed E-state index contributed by atoms with van der Waals surface area (Å²) in [5.41, 5.74) is 6.13. The zero-order valence-corrected chi connectivity index (χ0v) is 11.2. The number of hydrogen-bond acceptors (Lipinski definition) is 5. The lowest BCUT2D eigenvalue weighted by molar-refractivity contribution is -0.151. The molecule has 0 aliphatic carbocycles. The molecule has 21 heavy (non-hydrogen) atoms. The van der Waals surface area contributed by atoms with Crippen LogP contribution in [0.2, 0.25) is 0 Å². The number of Topliss-reactive ketones (excluding diaryl/α,β-unsaturated/α-hetero) is 1. The molecule has 0 aliphatic rings. The van der Waals surface area contributed by atoms with Gasteiger partial charge in [-0.1, -0.05) is 12.1 Å². The molecule has 1 heterocycles. The van der Waals surface area contributed by atoms with Gasteiger partial charge < -0.3 is 20.6 Å². The van der Waals surface area contributed by atoms with Crippen molar-refractivity contribution >= 4 is 28.6 Å². The maximum atomic E-state index is 12.0. The number of rotatable bonds is 5. The lowest BCUT2D eigenvalue weighted by Gasteiger charge is -2.16. The molecule has 0 fully saturated rings. The molecule has 1 unspecified atom stereocenters. The third kappa shape index (κ3) is 2.92. The van der Waals surface area contributed by atoms with E-state index < -0.39 is 29.7 Å². The van der Waals surface area contributed by atoms with Crippen molar-refractivity contribution in [1.29, 1.82) is 0 Å². The molecular formula is C14H14N2O5. The van der Waals surface area contributed by atoms with Crippen LogP contribution in [0.1, 0.15) is 6.92 Å². The predicted molar refractivity (Wildman–Crippen MR) is 73.7 cm³/mol. The Labute approximate surface area is 119 Å². The van der Waals surface area contributed by atoms with Gasteiger partial charge >= 0.3 is 11.9 Å². The van der Waals surface area contributed by atoms with Crippen LogP contribution in [0.25, 0.3) is 10.9 Å². The number of carboxylic acid groups (broad SMARTS) is 1. The maximum absolute atomic E-state index is 12.0. The van der Waals surface area contributed by atoms with Crippen LogP contribution >= 0.6 is 0 Å². The summed E-state index contributed by atoms with van der Waals surface area (Å²) in [7, 11) is 0. The zero-order valence-electron chi connectivity index (χ0n) is 11.2. The van der Waals surface area contributed by atoms with E-state index in [1.54, 1.807) is 18.2 Å². The number of carbonyl (C=O) groups is 3. The van der Waals surface area contributed by atoms with Crippen molar-refractivity contribution in [3.05, 3.63) is 30.5 Å². The third-order valence-corrected chi connectivity index (χ3v) is 3.10. The predicted octanol–water partition coefficient (Wildman–Crippen LogP) is 0.690. The van der Waals surface area contributed by atoms with Crippen LogP contribution in [-0.2, 0) is 14.4 Å². The molecule has 0 saturated heterocycles. The second-order valence-corrected chi connectivity index (χ2v) is 4.57. The first kappa shape index (κ1) is 14.7. The minimum atomic E-state index is -1.64. The van der Waals surface area contributed by atoms with Crippen LogP contribution in [0.3, 0.4) is 0 Å². The summed E-state index contributed by atoms with van der Waals surface area (Å²) in [4.78, 5) is 37.3. The highest BCUT2D eigenvalue weighted by molar-refractivity contribution is 6.03. The van der Waals surface area contributed by atoms with Gasteiger partial charge in [-0.3, -0.25) is 14.4 Å². The fourth-order valence-corrected chi connectivity index (χ4v) is 2.01. The number of carbonyl (C=O) groups excluding carboxylic acids is 2. The first-order chi connectivity index (χ1) is 9.91. The number of ketones is 1. The quantitative estimate of drug-likeness (QED) is 0.550. The Morgan fingerprint density at radius 3 is 2.57 bits per heavy atom. The lowest BCUT2D eigenvalue weighted by atomic mass is 9.97. The number of hydrogen-bond donors (Lipinski definition) is 3. The number of benzene rings is 1. The van der Waals surface area contributed by atoms with Crippen molar-refractivity contribution in [2.75, 3.05) is 0 Å². The van der Waals surface area contributed by atoms with Crippen molar-refractivity contribution in [2.45, 2.75) is 13.0 Å². The minimum Gasteiger partial charge on any atom is -0.480 e. The molecular weight excluding hydrogens is 276 g/mol. The molecule has 2 aromatic rings. The number of aromatic amines is 1. The Balaban J connectivity index is 2.27. The molecule has 0 amide bonds. The summed E-state index contributed by atoms with van der Waals surface area (Å²) in [6, 6.07) is 5.45. The fraction of sp³-hybridized carbons (Fsp3) is 0.214.